The van der Waals surface area contributed by atoms with Gasteiger partial charge in [0.1, 0.15) is 0 Å². The summed E-state index contributed by atoms with van der Waals surface area (Å²) in [5.74, 6) is 0.637. The van der Waals surface area contributed by atoms with Gasteiger partial charge in [-0.3, -0.25) is 0 Å². The zero-order valence-electron chi connectivity index (χ0n) is 11.5. The van der Waals surface area contributed by atoms with Crippen molar-refractivity contribution in [2.75, 3.05) is 0 Å². The predicted octanol–water partition coefficient (Wildman–Crippen LogP) is 5.47. The van der Waals surface area contributed by atoms with Gasteiger partial charge in [0.15, 0.2) is 0 Å². The van der Waals surface area contributed by atoms with Crippen molar-refractivity contribution >= 4 is 5.57 Å². The number of hydrogen-bond donors (Lipinski definition) is 0. The Morgan fingerprint density at radius 2 is 1.50 bits per heavy atom. The van der Waals surface area contributed by atoms with E-state index in [1.807, 2.05) is 13.8 Å². The van der Waals surface area contributed by atoms with E-state index in [1.54, 1.807) is 0 Å². The second-order valence-electron chi connectivity index (χ2n) is 3.90. The zero-order valence-corrected chi connectivity index (χ0v) is 11.5. The molecule has 0 aliphatic rings. The molecule has 16 heavy (non-hydrogen) atoms. The van der Waals surface area contributed by atoms with Crippen LogP contribution in [0.4, 0.5) is 0 Å². The van der Waals surface area contributed by atoms with E-state index in [1.165, 1.54) is 29.5 Å². The second kappa shape index (κ2) is 8.15. The number of benzene rings is 1. The van der Waals surface area contributed by atoms with Gasteiger partial charge in [-0.05, 0) is 36.8 Å². The molecule has 1 rings (SSSR count). The summed E-state index contributed by atoms with van der Waals surface area (Å²) in [6, 6.07) is 8.66. The van der Waals surface area contributed by atoms with Crippen LogP contribution >= 0.6 is 0 Å². The number of aryl methyl sites for hydroxylation is 1. The van der Waals surface area contributed by atoms with Gasteiger partial charge < -0.3 is 0 Å². The summed E-state index contributed by atoms with van der Waals surface area (Å²) < 4.78 is 0. The van der Waals surface area contributed by atoms with E-state index in [0.717, 1.165) is 0 Å². The summed E-state index contributed by atoms with van der Waals surface area (Å²) in [6.07, 6.45) is 2.37. The van der Waals surface area contributed by atoms with Crippen molar-refractivity contribution in [3.8, 4) is 0 Å². The lowest BCUT2D eigenvalue weighted by Crippen LogP contribution is -1.99. The molecule has 1 aromatic rings. The molecule has 0 fully saturated rings. The quantitative estimate of drug-likeness (QED) is 0.628. The molecule has 0 amide bonds. The van der Waals surface area contributed by atoms with Gasteiger partial charge in [-0.15, -0.1) is 0 Å². The van der Waals surface area contributed by atoms with E-state index in [-0.39, 0.29) is 0 Å². The molecule has 0 saturated carbocycles. The van der Waals surface area contributed by atoms with Crippen LogP contribution in [0.2, 0.25) is 0 Å². The van der Waals surface area contributed by atoms with E-state index in [4.69, 9.17) is 0 Å². The maximum atomic E-state index is 4.20. The summed E-state index contributed by atoms with van der Waals surface area (Å²) >= 11 is 0. The molecule has 0 heterocycles. The standard InChI is InChI=1S/C14H20.C2H6/c1-5-13(6-2)12(4)14-9-7-11(3)8-10-14;1-2/h7-10,13H,4-6H2,1-3H3;1-2H3. The van der Waals surface area contributed by atoms with Crippen LogP contribution in [0.5, 0.6) is 0 Å². The molecule has 0 radical (unpaired) electrons. The Bertz CT molecular complexity index is 288. The van der Waals surface area contributed by atoms with Crippen molar-refractivity contribution in [3.63, 3.8) is 0 Å². The van der Waals surface area contributed by atoms with Crippen LogP contribution in [0.3, 0.4) is 0 Å². The minimum atomic E-state index is 0.637. The predicted molar refractivity (Wildman–Crippen MR) is 75.6 cm³/mol. The average molecular weight is 218 g/mol. The van der Waals surface area contributed by atoms with Crippen LogP contribution in [0, 0.1) is 12.8 Å². The van der Waals surface area contributed by atoms with Gasteiger partial charge in [0, 0.05) is 0 Å². The molecule has 0 aliphatic heterocycles. The first-order valence-electron chi connectivity index (χ1n) is 6.44. The first-order valence-corrected chi connectivity index (χ1v) is 6.44. The van der Waals surface area contributed by atoms with E-state index in [9.17, 15) is 0 Å². The fraction of sp³-hybridized carbons (Fsp3) is 0.500. The molecule has 90 valence electrons. The minimum absolute atomic E-state index is 0.637. The van der Waals surface area contributed by atoms with Crippen LogP contribution in [0.25, 0.3) is 5.57 Å². The summed E-state index contributed by atoms with van der Waals surface area (Å²) in [5, 5.41) is 0. The maximum absolute atomic E-state index is 4.20. The Morgan fingerprint density at radius 3 is 1.88 bits per heavy atom. The van der Waals surface area contributed by atoms with Gasteiger partial charge >= 0.3 is 0 Å². The molecular formula is C16H26. The minimum Gasteiger partial charge on any atom is -0.0950 e. The lowest BCUT2D eigenvalue weighted by molar-refractivity contribution is 0.625. The molecule has 0 aliphatic carbocycles. The SMILES string of the molecule is C=C(c1ccc(C)cc1)C(CC)CC.CC. The molecule has 1 aromatic carbocycles. The number of allylic oxidation sites excluding steroid dienone is 1. The van der Waals surface area contributed by atoms with Crippen molar-refractivity contribution in [1.29, 1.82) is 0 Å². The van der Waals surface area contributed by atoms with Crippen molar-refractivity contribution in [2.24, 2.45) is 5.92 Å². The highest BCUT2D eigenvalue weighted by atomic mass is 14.1. The van der Waals surface area contributed by atoms with Crippen LogP contribution in [-0.4, -0.2) is 0 Å². The highest BCUT2D eigenvalue weighted by molar-refractivity contribution is 5.65. The Hall–Kier alpha value is -1.04. The second-order valence-corrected chi connectivity index (χ2v) is 3.90. The summed E-state index contributed by atoms with van der Waals surface area (Å²) in [5.41, 5.74) is 3.89. The normalized spacial score (nSPS) is 9.62. The van der Waals surface area contributed by atoms with E-state index in [0.29, 0.717) is 5.92 Å². The first kappa shape index (κ1) is 15.0. The third-order valence-electron chi connectivity index (χ3n) is 2.90. The highest BCUT2D eigenvalue weighted by Crippen LogP contribution is 2.26. The third kappa shape index (κ3) is 4.22. The van der Waals surface area contributed by atoms with Crippen molar-refractivity contribution in [1.82, 2.24) is 0 Å². The highest BCUT2D eigenvalue weighted by Gasteiger charge is 2.09. The average Bonchev–Trinajstić information content (AvgIpc) is 2.34. The van der Waals surface area contributed by atoms with Gasteiger partial charge in [0.2, 0.25) is 0 Å². The molecule has 0 nitrogen and oxygen atoms in total. The van der Waals surface area contributed by atoms with Crippen LogP contribution < -0.4 is 0 Å². The lowest BCUT2D eigenvalue weighted by Gasteiger charge is -2.16. The molecule has 0 N–H and O–H groups in total. The molecule has 0 heteroatoms. The monoisotopic (exact) mass is 218 g/mol. The first-order chi connectivity index (χ1) is 7.69. The van der Waals surface area contributed by atoms with Gasteiger partial charge in [-0.1, -0.05) is 64.1 Å². The fourth-order valence-corrected chi connectivity index (χ4v) is 1.78. The fourth-order valence-electron chi connectivity index (χ4n) is 1.78. The molecule has 0 saturated heterocycles. The van der Waals surface area contributed by atoms with Crippen LogP contribution in [0.1, 0.15) is 51.7 Å². The molecule has 0 spiro atoms. The molecule has 0 aromatic heterocycles. The summed E-state index contributed by atoms with van der Waals surface area (Å²) in [4.78, 5) is 0. The Balaban J connectivity index is 0.00000106. The lowest BCUT2D eigenvalue weighted by atomic mass is 9.89. The van der Waals surface area contributed by atoms with Gasteiger partial charge in [-0.25, -0.2) is 0 Å². The Kier molecular flexibility index (Phi) is 7.62. The molecule has 0 unspecified atom stereocenters. The number of rotatable bonds is 4. The largest absolute Gasteiger partial charge is 0.0950 e. The van der Waals surface area contributed by atoms with Crippen LogP contribution in [-0.2, 0) is 0 Å². The maximum Gasteiger partial charge on any atom is -0.0167 e. The van der Waals surface area contributed by atoms with E-state index < -0.39 is 0 Å². The summed E-state index contributed by atoms with van der Waals surface area (Å²) in [6.45, 7) is 14.8. The molecule has 0 bridgehead atoms. The van der Waals surface area contributed by atoms with Gasteiger partial charge in [-0.2, -0.15) is 0 Å². The molecular weight excluding hydrogens is 192 g/mol. The van der Waals surface area contributed by atoms with Crippen molar-refractivity contribution < 1.29 is 0 Å². The zero-order chi connectivity index (χ0) is 12.6. The Morgan fingerprint density at radius 1 is 1.06 bits per heavy atom. The van der Waals surface area contributed by atoms with Crippen molar-refractivity contribution in [3.05, 3.63) is 42.0 Å². The van der Waals surface area contributed by atoms with Crippen molar-refractivity contribution in [2.45, 2.75) is 47.5 Å². The van der Waals surface area contributed by atoms with Crippen LogP contribution in [0.15, 0.2) is 30.8 Å². The van der Waals surface area contributed by atoms with Gasteiger partial charge in [0.05, 0.1) is 0 Å². The van der Waals surface area contributed by atoms with E-state index in [2.05, 4.69) is 51.6 Å². The summed E-state index contributed by atoms with van der Waals surface area (Å²) in [7, 11) is 0. The molecule has 0 atom stereocenters. The van der Waals surface area contributed by atoms with E-state index >= 15 is 0 Å². The Labute approximate surface area is 101 Å². The number of hydrogen-bond acceptors (Lipinski definition) is 0. The van der Waals surface area contributed by atoms with Gasteiger partial charge in [0.25, 0.3) is 0 Å². The smallest absolute Gasteiger partial charge is 0.0167 e. The third-order valence-corrected chi connectivity index (χ3v) is 2.90. The topological polar surface area (TPSA) is 0 Å².